The number of aryl methyl sites for hydroxylation is 1. The van der Waals surface area contributed by atoms with Crippen LogP contribution in [0.4, 0.5) is 5.69 Å². The van der Waals surface area contributed by atoms with Crippen molar-refractivity contribution in [1.82, 2.24) is 9.38 Å². The fourth-order valence-corrected chi connectivity index (χ4v) is 2.13. The van der Waals surface area contributed by atoms with Gasteiger partial charge in [0.15, 0.2) is 0 Å². The second-order valence-corrected chi connectivity index (χ2v) is 4.97. The molecule has 6 nitrogen and oxygen atoms in total. The zero-order valence-corrected chi connectivity index (χ0v) is 12.4. The van der Waals surface area contributed by atoms with Crippen LogP contribution in [0.3, 0.4) is 0 Å². The molecule has 1 N–H and O–H groups in total. The van der Waals surface area contributed by atoms with E-state index >= 15 is 0 Å². The quantitative estimate of drug-likeness (QED) is 0.594. The lowest BCUT2D eigenvalue weighted by atomic mass is 10.1. The number of nitriles is 2. The van der Waals surface area contributed by atoms with Crippen molar-refractivity contribution < 1.29 is 0 Å². The van der Waals surface area contributed by atoms with Crippen LogP contribution in [0, 0.1) is 29.6 Å². The first-order chi connectivity index (χ1) is 11.2. The van der Waals surface area contributed by atoms with Gasteiger partial charge in [-0.15, -0.1) is 0 Å². The van der Waals surface area contributed by atoms with Crippen LogP contribution in [0.25, 0.3) is 16.9 Å². The van der Waals surface area contributed by atoms with Crippen molar-refractivity contribution in [3.63, 3.8) is 0 Å². The molecular formula is C17H12N6. The number of nitrogens with zero attached hydrogens (tertiary/aromatic N) is 5. The third-order valence-corrected chi connectivity index (χ3v) is 3.30. The van der Waals surface area contributed by atoms with Crippen LogP contribution in [0.1, 0.15) is 5.56 Å². The Balaban J connectivity index is 1.85. The van der Waals surface area contributed by atoms with Crippen molar-refractivity contribution in [2.75, 3.05) is 5.43 Å². The summed E-state index contributed by atoms with van der Waals surface area (Å²) in [6.07, 6.45) is 3.95. The monoisotopic (exact) mass is 300 g/mol. The van der Waals surface area contributed by atoms with Gasteiger partial charge in [-0.2, -0.15) is 15.6 Å². The molecular weight excluding hydrogens is 288 g/mol. The van der Waals surface area contributed by atoms with Crippen LogP contribution in [0.2, 0.25) is 0 Å². The fourth-order valence-electron chi connectivity index (χ4n) is 2.13. The molecule has 2 aromatic heterocycles. The van der Waals surface area contributed by atoms with Gasteiger partial charge in [0, 0.05) is 18.0 Å². The molecule has 0 unspecified atom stereocenters. The van der Waals surface area contributed by atoms with Crippen molar-refractivity contribution in [2.24, 2.45) is 5.10 Å². The number of fused-ring (bicyclic) bond motifs is 1. The molecule has 0 saturated carbocycles. The van der Waals surface area contributed by atoms with E-state index in [4.69, 9.17) is 10.5 Å². The average Bonchev–Trinajstić information content (AvgIpc) is 2.99. The summed E-state index contributed by atoms with van der Waals surface area (Å²) in [7, 11) is 0. The molecule has 0 spiro atoms. The van der Waals surface area contributed by atoms with Gasteiger partial charge in [0.05, 0.1) is 11.4 Å². The molecule has 0 aliphatic carbocycles. The number of anilines is 1. The van der Waals surface area contributed by atoms with E-state index in [1.165, 1.54) is 0 Å². The van der Waals surface area contributed by atoms with E-state index in [-0.39, 0.29) is 5.71 Å². The number of benzene rings is 1. The van der Waals surface area contributed by atoms with Gasteiger partial charge in [0.1, 0.15) is 17.8 Å². The van der Waals surface area contributed by atoms with Crippen LogP contribution in [-0.2, 0) is 0 Å². The minimum atomic E-state index is -0.218. The van der Waals surface area contributed by atoms with Gasteiger partial charge in [0.25, 0.3) is 0 Å². The number of hydrazone groups is 1. The lowest BCUT2D eigenvalue weighted by Gasteiger charge is -2.01. The Kier molecular flexibility index (Phi) is 3.73. The second kappa shape index (κ2) is 6.00. The molecule has 0 saturated heterocycles. The van der Waals surface area contributed by atoms with Gasteiger partial charge in [0.2, 0.25) is 5.71 Å². The zero-order chi connectivity index (χ0) is 16.2. The fraction of sp³-hybridized carbons (Fsp3) is 0.0588. The summed E-state index contributed by atoms with van der Waals surface area (Å²) in [6, 6.07) is 14.9. The maximum absolute atomic E-state index is 8.63. The minimum Gasteiger partial charge on any atom is -0.306 e. The summed E-state index contributed by atoms with van der Waals surface area (Å²) in [4.78, 5) is 4.60. The van der Waals surface area contributed by atoms with E-state index in [0.29, 0.717) is 5.69 Å². The Morgan fingerprint density at radius 1 is 1.17 bits per heavy atom. The number of hydrogen-bond donors (Lipinski definition) is 1. The number of rotatable bonds is 3. The molecule has 0 aliphatic rings. The summed E-state index contributed by atoms with van der Waals surface area (Å²) in [5.74, 6) is 0. The summed E-state index contributed by atoms with van der Waals surface area (Å²) >= 11 is 0. The van der Waals surface area contributed by atoms with E-state index in [1.54, 1.807) is 12.1 Å². The van der Waals surface area contributed by atoms with Gasteiger partial charge in [-0.1, -0.05) is 12.1 Å². The summed E-state index contributed by atoms with van der Waals surface area (Å²) in [5, 5.41) is 21.0. The smallest absolute Gasteiger partial charge is 0.237 e. The molecule has 0 amide bonds. The van der Waals surface area contributed by atoms with Crippen LogP contribution in [0.5, 0.6) is 0 Å². The largest absolute Gasteiger partial charge is 0.306 e. The lowest BCUT2D eigenvalue weighted by Crippen LogP contribution is -1.96. The molecule has 0 fully saturated rings. The first-order valence-electron chi connectivity index (χ1n) is 6.89. The van der Waals surface area contributed by atoms with Crippen molar-refractivity contribution in [3.8, 4) is 23.4 Å². The zero-order valence-electron chi connectivity index (χ0n) is 12.4. The summed E-state index contributed by atoms with van der Waals surface area (Å²) in [5.41, 5.74) is 7.07. The highest BCUT2D eigenvalue weighted by molar-refractivity contribution is 6.10. The third kappa shape index (κ3) is 3.02. The van der Waals surface area contributed by atoms with Crippen molar-refractivity contribution in [1.29, 1.82) is 10.5 Å². The molecule has 3 rings (SSSR count). The molecule has 2 heterocycles. The van der Waals surface area contributed by atoms with Crippen molar-refractivity contribution in [2.45, 2.75) is 6.92 Å². The Morgan fingerprint density at radius 2 is 1.91 bits per heavy atom. The predicted octanol–water partition coefficient (Wildman–Crippen LogP) is 3.12. The average molecular weight is 300 g/mol. The van der Waals surface area contributed by atoms with Gasteiger partial charge >= 0.3 is 0 Å². The van der Waals surface area contributed by atoms with E-state index in [9.17, 15) is 0 Å². The topological polar surface area (TPSA) is 89.3 Å². The van der Waals surface area contributed by atoms with Crippen LogP contribution in [-0.4, -0.2) is 15.1 Å². The molecule has 1 aromatic carbocycles. The summed E-state index contributed by atoms with van der Waals surface area (Å²) in [6.45, 7) is 2.03. The molecule has 0 aliphatic heterocycles. The predicted molar refractivity (Wildman–Crippen MR) is 87.6 cm³/mol. The van der Waals surface area contributed by atoms with Crippen LogP contribution in [0.15, 0.2) is 53.9 Å². The van der Waals surface area contributed by atoms with E-state index in [2.05, 4.69) is 15.5 Å². The van der Waals surface area contributed by atoms with E-state index in [0.717, 1.165) is 22.5 Å². The second-order valence-electron chi connectivity index (χ2n) is 4.97. The molecule has 23 heavy (non-hydrogen) atoms. The van der Waals surface area contributed by atoms with Crippen molar-refractivity contribution >= 4 is 17.0 Å². The first kappa shape index (κ1) is 14.3. The molecule has 0 atom stereocenters. The maximum atomic E-state index is 8.63. The number of imidazole rings is 1. The Morgan fingerprint density at radius 3 is 2.61 bits per heavy atom. The molecule has 6 heteroatoms. The van der Waals surface area contributed by atoms with E-state index in [1.807, 2.05) is 60.1 Å². The normalized spacial score (nSPS) is 9.87. The Labute approximate surface area is 132 Å². The van der Waals surface area contributed by atoms with Gasteiger partial charge < -0.3 is 4.40 Å². The van der Waals surface area contributed by atoms with Gasteiger partial charge in [-0.3, -0.25) is 5.43 Å². The van der Waals surface area contributed by atoms with Gasteiger partial charge in [-0.05, 0) is 36.8 Å². The highest BCUT2D eigenvalue weighted by Crippen LogP contribution is 2.21. The van der Waals surface area contributed by atoms with Crippen molar-refractivity contribution in [3.05, 3.63) is 54.4 Å². The van der Waals surface area contributed by atoms with Gasteiger partial charge in [-0.25, -0.2) is 4.98 Å². The van der Waals surface area contributed by atoms with Crippen LogP contribution >= 0.6 is 0 Å². The minimum absolute atomic E-state index is 0.218. The number of hydrogen-bond acceptors (Lipinski definition) is 5. The Hall–Kier alpha value is -3.64. The number of nitrogens with one attached hydrogen (secondary N) is 1. The molecule has 3 aromatic rings. The molecule has 0 bridgehead atoms. The number of aromatic nitrogens is 2. The highest BCUT2D eigenvalue weighted by atomic mass is 15.3. The first-order valence-corrected chi connectivity index (χ1v) is 6.89. The third-order valence-electron chi connectivity index (χ3n) is 3.30. The summed E-state index contributed by atoms with van der Waals surface area (Å²) < 4.78 is 1.98. The van der Waals surface area contributed by atoms with E-state index < -0.39 is 0 Å². The molecule has 110 valence electrons. The van der Waals surface area contributed by atoms with Crippen LogP contribution < -0.4 is 5.43 Å². The SMILES string of the molecule is Cc1ccn2cc(-c3ccc(NN=C(C#N)C#N)cc3)nc2c1. The molecule has 0 radical (unpaired) electrons. The lowest BCUT2D eigenvalue weighted by molar-refractivity contribution is 1.17. The standard InChI is InChI=1S/C17H12N6/c1-12-6-7-23-11-16(20-17(23)8-12)13-2-4-14(5-3-13)21-22-15(9-18)10-19/h2-8,11,21H,1H3. The Bertz CT molecular complexity index is 951. The highest BCUT2D eigenvalue weighted by Gasteiger charge is 2.04. The number of pyridine rings is 1. The maximum Gasteiger partial charge on any atom is 0.237 e.